The van der Waals surface area contributed by atoms with Crippen LogP contribution < -0.4 is 5.32 Å². The first-order chi connectivity index (χ1) is 11.2. The van der Waals surface area contributed by atoms with E-state index in [9.17, 15) is 9.59 Å². The van der Waals surface area contributed by atoms with Gasteiger partial charge in [-0.25, -0.2) is 0 Å². The van der Waals surface area contributed by atoms with Gasteiger partial charge in [-0.2, -0.15) is 0 Å². The fraction of sp³-hybridized carbons (Fsp3) is 0.789. The SMILES string of the molecule is O=C(NC1CCCCC1)C1CC(=O)N(CCC2=CCCCC2)C1. The molecular formula is C19H30N2O2. The molecule has 3 rings (SSSR count). The maximum atomic E-state index is 12.4. The molecule has 0 spiro atoms. The molecule has 23 heavy (non-hydrogen) atoms. The molecule has 1 atom stereocenters. The number of carbonyl (C=O) groups excluding carboxylic acids is 2. The monoisotopic (exact) mass is 318 g/mol. The fourth-order valence-electron chi connectivity index (χ4n) is 4.14. The molecule has 0 radical (unpaired) electrons. The maximum absolute atomic E-state index is 12.4. The van der Waals surface area contributed by atoms with Crippen LogP contribution in [0.25, 0.3) is 0 Å². The Balaban J connectivity index is 1.44. The highest BCUT2D eigenvalue weighted by Crippen LogP contribution is 2.24. The summed E-state index contributed by atoms with van der Waals surface area (Å²) in [7, 11) is 0. The van der Waals surface area contributed by atoms with Crippen LogP contribution in [0.2, 0.25) is 0 Å². The highest BCUT2D eigenvalue weighted by molar-refractivity contribution is 5.89. The minimum atomic E-state index is -0.134. The first-order valence-electron chi connectivity index (χ1n) is 9.48. The van der Waals surface area contributed by atoms with Gasteiger partial charge in [0.25, 0.3) is 0 Å². The number of carbonyl (C=O) groups is 2. The van der Waals surface area contributed by atoms with Gasteiger partial charge < -0.3 is 10.2 Å². The van der Waals surface area contributed by atoms with Crippen molar-refractivity contribution in [2.75, 3.05) is 13.1 Å². The van der Waals surface area contributed by atoms with Crippen molar-refractivity contribution in [3.63, 3.8) is 0 Å². The summed E-state index contributed by atoms with van der Waals surface area (Å²) in [6, 6.07) is 0.341. The number of hydrogen-bond donors (Lipinski definition) is 1. The zero-order chi connectivity index (χ0) is 16.1. The predicted molar refractivity (Wildman–Crippen MR) is 90.9 cm³/mol. The van der Waals surface area contributed by atoms with Crippen molar-refractivity contribution in [2.24, 2.45) is 5.92 Å². The van der Waals surface area contributed by atoms with Gasteiger partial charge in [-0.05, 0) is 44.9 Å². The lowest BCUT2D eigenvalue weighted by molar-refractivity contribution is -0.129. The zero-order valence-electron chi connectivity index (χ0n) is 14.2. The van der Waals surface area contributed by atoms with Gasteiger partial charge >= 0.3 is 0 Å². The van der Waals surface area contributed by atoms with Gasteiger partial charge in [0, 0.05) is 25.6 Å². The lowest BCUT2D eigenvalue weighted by Crippen LogP contribution is -2.40. The fourth-order valence-corrected chi connectivity index (χ4v) is 4.14. The standard InChI is InChI=1S/C19H30N2O2/c22-18-13-16(19(23)20-17-9-5-2-6-10-17)14-21(18)12-11-15-7-3-1-4-8-15/h7,16-17H,1-6,8-14H2,(H,20,23). The Labute approximate surface area is 139 Å². The normalized spacial score (nSPS) is 26.3. The third-order valence-electron chi connectivity index (χ3n) is 5.62. The molecule has 1 saturated carbocycles. The number of hydrogen-bond acceptors (Lipinski definition) is 2. The van der Waals surface area contributed by atoms with Gasteiger partial charge in [0.15, 0.2) is 0 Å². The van der Waals surface area contributed by atoms with E-state index in [0.29, 0.717) is 19.0 Å². The van der Waals surface area contributed by atoms with Crippen molar-refractivity contribution in [3.8, 4) is 0 Å². The summed E-state index contributed by atoms with van der Waals surface area (Å²) < 4.78 is 0. The van der Waals surface area contributed by atoms with E-state index < -0.39 is 0 Å². The Morgan fingerprint density at radius 2 is 2.00 bits per heavy atom. The second kappa shape index (κ2) is 7.98. The van der Waals surface area contributed by atoms with E-state index in [1.165, 1.54) is 50.5 Å². The molecule has 2 amide bonds. The van der Waals surface area contributed by atoms with Crippen LogP contribution in [-0.2, 0) is 9.59 Å². The largest absolute Gasteiger partial charge is 0.353 e. The number of amides is 2. The molecule has 0 aromatic rings. The van der Waals surface area contributed by atoms with Crippen LogP contribution in [0.4, 0.5) is 0 Å². The van der Waals surface area contributed by atoms with Crippen molar-refractivity contribution in [1.82, 2.24) is 10.2 Å². The lowest BCUT2D eigenvalue weighted by atomic mass is 9.95. The highest BCUT2D eigenvalue weighted by atomic mass is 16.2. The minimum Gasteiger partial charge on any atom is -0.353 e. The Hall–Kier alpha value is -1.32. The average Bonchev–Trinajstić information content (AvgIpc) is 2.96. The molecule has 0 aromatic heterocycles. The molecule has 1 heterocycles. The summed E-state index contributed by atoms with van der Waals surface area (Å²) in [4.78, 5) is 26.5. The van der Waals surface area contributed by atoms with Gasteiger partial charge in [-0.1, -0.05) is 30.9 Å². The van der Waals surface area contributed by atoms with E-state index in [-0.39, 0.29) is 17.7 Å². The summed E-state index contributed by atoms with van der Waals surface area (Å²) >= 11 is 0. The average molecular weight is 318 g/mol. The molecule has 4 nitrogen and oxygen atoms in total. The van der Waals surface area contributed by atoms with Gasteiger partial charge in [0.1, 0.15) is 0 Å². The first-order valence-corrected chi connectivity index (χ1v) is 9.48. The quantitative estimate of drug-likeness (QED) is 0.792. The predicted octanol–water partition coefficient (Wildman–Crippen LogP) is 3.17. The Bertz CT molecular complexity index is 466. The number of nitrogens with zero attached hydrogens (tertiary/aromatic N) is 1. The van der Waals surface area contributed by atoms with Crippen LogP contribution >= 0.6 is 0 Å². The summed E-state index contributed by atoms with van der Waals surface area (Å²) in [5.74, 6) is 0.125. The van der Waals surface area contributed by atoms with Crippen LogP contribution in [0, 0.1) is 5.92 Å². The maximum Gasteiger partial charge on any atom is 0.225 e. The molecule has 1 N–H and O–H groups in total. The van der Waals surface area contributed by atoms with Crippen LogP contribution in [0.1, 0.15) is 70.6 Å². The molecule has 1 aliphatic heterocycles. The van der Waals surface area contributed by atoms with Crippen molar-refractivity contribution in [1.29, 1.82) is 0 Å². The lowest BCUT2D eigenvalue weighted by Gasteiger charge is -2.24. The van der Waals surface area contributed by atoms with Gasteiger partial charge in [-0.15, -0.1) is 0 Å². The van der Waals surface area contributed by atoms with E-state index in [1.807, 2.05) is 4.90 Å². The van der Waals surface area contributed by atoms with Gasteiger partial charge in [0.2, 0.25) is 11.8 Å². The number of allylic oxidation sites excluding steroid dienone is 1. The first kappa shape index (κ1) is 16.5. The number of rotatable bonds is 5. The topological polar surface area (TPSA) is 49.4 Å². The van der Waals surface area contributed by atoms with E-state index in [4.69, 9.17) is 0 Å². The third kappa shape index (κ3) is 4.58. The molecule has 0 aromatic carbocycles. The summed E-state index contributed by atoms with van der Waals surface area (Å²) in [6.45, 7) is 1.41. The molecule has 1 unspecified atom stereocenters. The molecule has 2 fully saturated rings. The van der Waals surface area contributed by atoms with Crippen molar-refractivity contribution < 1.29 is 9.59 Å². The van der Waals surface area contributed by atoms with Crippen LogP contribution in [0.3, 0.4) is 0 Å². The van der Waals surface area contributed by atoms with E-state index in [1.54, 1.807) is 0 Å². The summed E-state index contributed by atoms with van der Waals surface area (Å²) in [5, 5.41) is 3.18. The molecule has 2 aliphatic carbocycles. The summed E-state index contributed by atoms with van der Waals surface area (Å²) in [6.07, 6.45) is 14.6. The number of nitrogens with one attached hydrogen (secondary N) is 1. The van der Waals surface area contributed by atoms with Crippen LogP contribution in [0.5, 0.6) is 0 Å². The smallest absolute Gasteiger partial charge is 0.225 e. The second-order valence-electron chi connectivity index (χ2n) is 7.44. The molecule has 4 heteroatoms. The Morgan fingerprint density at radius 1 is 1.17 bits per heavy atom. The third-order valence-corrected chi connectivity index (χ3v) is 5.62. The van der Waals surface area contributed by atoms with Gasteiger partial charge in [0.05, 0.1) is 5.92 Å². The molecule has 3 aliphatic rings. The Kier molecular flexibility index (Phi) is 5.74. The van der Waals surface area contributed by atoms with E-state index in [2.05, 4.69) is 11.4 Å². The summed E-state index contributed by atoms with van der Waals surface area (Å²) in [5.41, 5.74) is 1.50. The minimum absolute atomic E-state index is 0.102. The van der Waals surface area contributed by atoms with E-state index in [0.717, 1.165) is 25.8 Å². The van der Waals surface area contributed by atoms with Crippen molar-refractivity contribution in [3.05, 3.63) is 11.6 Å². The van der Waals surface area contributed by atoms with Gasteiger partial charge in [-0.3, -0.25) is 9.59 Å². The van der Waals surface area contributed by atoms with E-state index >= 15 is 0 Å². The van der Waals surface area contributed by atoms with Crippen LogP contribution in [-0.4, -0.2) is 35.8 Å². The molecule has 0 bridgehead atoms. The molecule has 128 valence electrons. The van der Waals surface area contributed by atoms with Crippen LogP contribution in [0.15, 0.2) is 11.6 Å². The zero-order valence-corrected chi connectivity index (χ0v) is 14.2. The van der Waals surface area contributed by atoms with Crippen molar-refractivity contribution in [2.45, 2.75) is 76.7 Å². The Morgan fingerprint density at radius 3 is 2.74 bits per heavy atom. The molecular weight excluding hydrogens is 288 g/mol. The second-order valence-corrected chi connectivity index (χ2v) is 7.44. The van der Waals surface area contributed by atoms with Crippen molar-refractivity contribution >= 4 is 11.8 Å². The molecule has 1 saturated heterocycles. The number of likely N-dealkylation sites (tertiary alicyclic amines) is 1. The highest BCUT2D eigenvalue weighted by Gasteiger charge is 2.34.